The quantitative estimate of drug-likeness (QED) is 0.551. The van der Waals surface area contributed by atoms with Crippen LogP contribution in [-0.2, 0) is 9.59 Å². The van der Waals surface area contributed by atoms with Crippen molar-refractivity contribution < 1.29 is 14.3 Å². The number of carbonyl (C=O) groups excluding carboxylic acids is 2. The molecule has 3 aromatic carbocycles. The number of amides is 2. The summed E-state index contributed by atoms with van der Waals surface area (Å²) < 4.78 is 5.19. The van der Waals surface area contributed by atoms with Crippen molar-refractivity contribution in [2.24, 2.45) is 0 Å². The number of benzene rings is 3. The molecule has 0 fully saturated rings. The Morgan fingerprint density at radius 3 is 2.26 bits per heavy atom. The number of nitrogens with zero attached hydrogens (tertiary/aromatic N) is 1. The molecule has 1 aliphatic heterocycles. The standard InChI is InChI=1S/C25H21ClN2O3/c1-15-8-10-17(11-9-15)22-23(27-20-7-5-4-6-16(20)2)25(30)28(24(22)29)18-12-13-21(31-3)19(26)14-18/h4-14,27H,1-3H3. The summed E-state index contributed by atoms with van der Waals surface area (Å²) in [5.74, 6) is -0.384. The average molecular weight is 433 g/mol. The number of methoxy groups -OCH3 is 1. The molecule has 0 saturated carbocycles. The molecule has 156 valence electrons. The number of imide groups is 1. The van der Waals surface area contributed by atoms with E-state index in [1.54, 1.807) is 18.2 Å². The molecule has 1 N–H and O–H groups in total. The van der Waals surface area contributed by atoms with Gasteiger partial charge in [-0.2, -0.15) is 0 Å². The van der Waals surface area contributed by atoms with Gasteiger partial charge in [-0.25, -0.2) is 4.90 Å². The van der Waals surface area contributed by atoms with Crippen molar-refractivity contribution >= 4 is 40.4 Å². The zero-order valence-electron chi connectivity index (χ0n) is 17.4. The number of para-hydroxylation sites is 1. The normalized spacial score (nSPS) is 13.7. The summed E-state index contributed by atoms with van der Waals surface area (Å²) in [5.41, 5.74) is 4.39. The highest BCUT2D eigenvalue weighted by atomic mass is 35.5. The SMILES string of the molecule is COc1ccc(N2C(=O)C(Nc3ccccc3C)=C(c3ccc(C)cc3)C2=O)cc1Cl. The predicted molar refractivity (Wildman–Crippen MR) is 123 cm³/mol. The Labute approximate surface area is 185 Å². The molecule has 0 spiro atoms. The van der Waals surface area contributed by atoms with Crippen molar-refractivity contribution in [1.29, 1.82) is 0 Å². The molecule has 4 rings (SSSR count). The number of rotatable bonds is 5. The zero-order valence-corrected chi connectivity index (χ0v) is 18.2. The molecule has 1 heterocycles. The second-order valence-electron chi connectivity index (χ2n) is 7.32. The van der Waals surface area contributed by atoms with Crippen molar-refractivity contribution in [2.45, 2.75) is 13.8 Å². The molecule has 1 aliphatic rings. The van der Waals surface area contributed by atoms with E-state index in [9.17, 15) is 9.59 Å². The van der Waals surface area contributed by atoms with Gasteiger partial charge in [0.2, 0.25) is 0 Å². The first kappa shape index (κ1) is 20.7. The Balaban J connectivity index is 1.83. The third-order valence-corrected chi connectivity index (χ3v) is 5.52. The molecular formula is C25H21ClN2O3. The van der Waals surface area contributed by atoms with Crippen molar-refractivity contribution in [3.05, 3.63) is 94.1 Å². The third-order valence-electron chi connectivity index (χ3n) is 5.22. The van der Waals surface area contributed by atoms with E-state index in [-0.39, 0.29) is 5.70 Å². The Morgan fingerprint density at radius 1 is 0.903 bits per heavy atom. The molecule has 0 unspecified atom stereocenters. The van der Waals surface area contributed by atoms with E-state index in [1.165, 1.54) is 7.11 Å². The molecule has 2 amide bonds. The Bertz CT molecular complexity index is 1220. The molecule has 0 bridgehead atoms. The van der Waals surface area contributed by atoms with Crippen LogP contribution in [0.4, 0.5) is 11.4 Å². The van der Waals surface area contributed by atoms with Gasteiger partial charge in [0.05, 0.1) is 23.4 Å². The molecule has 0 atom stereocenters. The molecule has 0 aromatic heterocycles. The van der Waals surface area contributed by atoms with Crippen molar-refractivity contribution in [3.63, 3.8) is 0 Å². The first-order chi connectivity index (χ1) is 14.9. The van der Waals surface area contributed by atoms with E-state index in [0.29, 0.717) is 27.6 Å². The lowest BCUT2D eigenvalue weighted by Gasteiger charge is -2.17. The lowest BCUT2D eigenvalue weighted by atomic mass is 10.0. The Kier molecular flexibility index (Phi) is 5.53. The van der Waals surface area contributed by atoms with Crippen LogP contribution in [0.1, 0.15) is 16.7 Å². The summed E-state index contributed by atoms with van der Waals surface area (Å²) in [4.78, 5) is 28.1. The van der Waals surface area contributed by atoms with Gasteiger partial charge in [-0.05, 0) is 49.2 Å². The van der Waals surface area contributed by atoms with Crippen LogP contribution >= 0.6 is 11.6 Å². The van der Waals surface area contributed by atoms with Gasteiger partial charge in [0.25, 0.3) is 11.8 Å². The topological polar surface area (TPSA) is 58.6 Å². The molecule has 5 nitrogen and oxygen atoms in total. The summed E-state index contributed by atoms with van der Waals surface area (Å²) in [6.07, 6.45) is 0. The van der Waals surface area contributed by atoms with Crippen molar-refractivity contribution in [3.8, 4) is 5.75 Å². The van der Waals surface area contributed by atoms with Crippen molar-refractivity contribution in [2.75, 3.05) is 17.3 Å². The largest absolute Gasteiger partial charge is 0.495 e. The number of halogens is 1. The second kappa shape index (κ2) is 8.28. The van der Waals surface area contributed by atoms with E-state index >= 15 is 0 Å². The van der Waals surface area contributed by atoms with Crippen LogP contribution in [0.25, 0.3) is 5.57 Å². The Hall–Kier alpha value is -3.57. The van der Waals surface area contributed by atoms with Crippen molar-refractivity contribution in [1.82, 2.24) is 0 Å². The van der Waals surface area contributed by atoms with Gasteiger partial charge < -0.3 is 10.1 Å². The van der Waals surface area contributed by atoms with Crippen LogP contribution < -0.4 is 15.0 Å². The van der Waals surface area contributed by atoms with Gasteiger partial charge in [0, 0.05) is 5.69 Å². The highest BCUT2D eigenvalue weighted by Gasteiger charge is 2.40. The molecule has 3 aromatic rings. The van der Waals surface area contributed by atoms with Gasteiger partial charge in [0.1, 0.15) is 11.4 Å². The predicted octanol–water partition coefficient (Wildman–Crippen LogP) is 5.36. The maximum atomic E-state index is 13.5. The van der Waals surface area contributed by atoms with E-state index in [2.05, 4.69) is 5.32 Å². The third kappa shape index (κ3) is 3.80. The fourth-order valence-corrected chi connectivity index (χ4v) is 3.76. The number of aryl methyl sites for hydroxylation is 2. The number of nitrogens with one attached hydrogen (secondary N) is 1. The number of hydrogen-bond acceptors (Lipinski definition) is 4. The summed E-state index contributed by atoms with van der Waals surface area (Å²) in [6, 6.07) is 20.0. The van der Waals surface area contributed by atoms with E-state index in [1.807, 2.05) is 62.4 Å². The fourth-order valence-electron chi connectivity index (χ4n) is 3.51. The zero-order chi connectivity index (χ0) is 22.1. The van der Waals surface area contributed by atoms with Gasteiger partial charge in [-0.1, -0.05) is 59.6 Å². The van der Waals surface area contributed by atoms with Crippen LogP contribution in [0.5, 0.6) is 5.75 Å². The molecular weight excluding hydrogens is 412 g/mol. The van der Waals surface area contributed by atoms with Gasteiger partial charge in [-0.15, -0.1) is 0 Å². The lowest BCUT2D eigenvalue weighted by molar-refractivity contribution is -0.120. The average Bonchev–Trinajstić information content (AvgIpc) is 3.00. The minimum atomic E-state index is -0.440. The van der Waals surface area contributed by atoms with E-state index in [0.717, 1.165) is 21.7 Å². The minimum Gasteiger partial charge on any atom is -0.495 e. The molecule has 0 aliphatic carbocycles. The van der Waals surface area contributed by atoms with Gasteiger partial charge in [-0.3, -0.25) is 9.59 Å². The van der Waals surface area contributed by atoms with Gasteiger partial charge >= 0.3 is 0 Å². The maximum absolute atomic E-state index is 13.5. The number of carbonyl (C=O) groups is 2. The van der Waals surface area contributed by atoms with Crippen LogP contribution in [0, 0.1) is 13.8 Å². The molecule has 6 heteroatoms. The van der Waals surface area contributed by atoms with Crippen LogP contribution in [0.15, 0.2) is 72.4 Å². The first-order valence-corrected chi connectivity index (χ1v) is 10.1. The Morgan fingerprint density at radius 2 is 1.61 bits per heavy atom. The summed E-state index contributed by atoms with van der Waals surface area (Å²) in [7, 11) is 1.51. The number of anilines is 2. The minimum absolute atomic E-state index is 0.232. The van der Waals surface area contributed by atoms with Crippen LogP contribution in [0.3, 0.4) is 0 Å². The monoisotopic (exact) mass is 432 g/mol. The number of ether oxygens (including phenoxy) is 1. The molecule has 0 radical (unpaired) electrons. The summed E-state index contributed by atoms with van der Waals surface area (Å²) in [6.45, 7) is 3.91. The summed E-state index contributed by atoms with van der Waals surface area (Å²) in [5, 5.41) is 3.52. The second-order valence-corrected chi connectivity index (χ2v) is 7.73. The van der Waals surface area contributed by atoms with Crippen LogP contribution in [0.2, 0.25) is 5.02 Å². The summed E-state index contributed by atoms with van der Waals surface area (Å²) >= 11 is 6.26. The highest BCUT2D eigenvalue weighted by molar-refractivity contribution is 6.46. The lowest BCUT2D eigenvalue weighted by Crippen LogP contribution is -2.32. The smallest absolute Gasteiger partial charge is 0.282 e. The molecule has 31 heavy (non-hydrogen) atoms. The first-order valence-electron chi connectivity index (χ1n) is 9.77. The maximum Gasteiger partial charge on any atom is 0.282 e. The van der Waals surface area contributed by atoms with E-state index in [4.69, 9.17) is 16.3 Å². The molecule has 0 saturated heterocycles. The van der Waals surface area contributed by atoms with E-state index < -0.39 is 11.8 Å². The highest BCUT2D eigenvalue weighted by Crippen LogP contribution is 2.37. The van der Waals surface area contributed by atoms with Gasteiger partial charge in [0.15, 0.2) is 0 Å². The van der Waals surface area contributed by atoms with Crippen LogP contribution in [-0.4, -0.2) is 18.9 Å². The fraction of sp³-hybridized carbons (Fsp3) is 0.120. The number of hydrogen-bond donors (Lipinski definition) is 1.